The summed E-state index contributed by atoms with van der Waals surface area (Å²) in [6.07, 6.45) is 13.5. The first kappa shape index (κ1) is 26.2. The minimum absolute atomic E-state index is 0.282. The second-order valence-corrected chi connectivity index (χ2v) is 12.5. The molecule has 0 bridgehead atoms. The van der Waals surface area contributed by atoms with Gasteiger partial charge >= 0.3 is 0 Å². The van der Waals surface area contributed by atoms with E-state index in [1.54, 1.807) is 0 Å². The van der Waals surface area contributed by atoms with Crippen LogP contribution in [0.25, 0.3) is 0 Å². The highest BCUT2D eigenvalue weighted by Crippen LogP contribution is 2.43. The molecule has 1 nitrogen and oxygen atoms in total. The Kier molecular flexibility index (Phi) is 11.4. The van der Waals surface area contributed by atoms with Crippen LogP contribution in [0.3, 0.4) is 0 Å². The van der Waals surface area contributed by atoms with Crippen molar-refractivity contribution in [3.05, 3.63) is 91.0 Å². The number of unbranched alkanes of at least 4 members (excludes halogenated alkanes) is 9. The van der Waals surface area contributed by atoms with Gasteiger partial charge in [-0.2, -0.15) is 0 Å². The van der Waals surface area contributed by atoms with E-state index in [1.807, 2.05) is 0 Å². The van der Waals surface area contributed by atoms with Gasteiger partial charge < -0.3 is 0 Å². The number of rotatable bonds is 15. The summed E-state index contributed by atoms with van der Waals surface area (Å²) < 4.78 is 0. The summed E-state index contributed by atoms with van der Waals surface area (Å²) in [5.41, 5.74) is 0. The van der Waals surface area contributed by atoms with Gasteiger partial charge in [-0.3, -0.25) is 4.79 Å². The van der Waals surface area contributed by atoms with Crippen molar-refractivity contribution in [2.45, 2.75) is 77.6 Å². The molecular formula is C32H41OP. The van der Waals surface area contributed by atoms with Crippen LogP contribution in [0.4, 0.5) is 0 Å². The van der Waals surface area contributed by atoms with Gasteiger partial charge in [-0.15, -0.1) is 0 Å². The van der Waals surface area contributed by atoms with Crippen molar-refractivity contribution in [2.75, 3.05) is 0 Å². The van der Waals surface area contributed by atoms with Gasteiger partial charge in [-0.1, -0.05) is 156 Å². The molecule has 0 saturated carbocycles. The molecule has 34 heavy (non-hydrogen) atoms. The summed E-state index contributed by atoms with van der Waals surface area (Å²) in [5.74, 6) is 2.38. The minimum atomic E-state index is -2.16. The van der Waals surface area contributed by atoms with Crippen molar-refractivity contribution in [2.24, 2.45) is 0 Å². The first-order valence-corrected chi connectivity index (χ1v) is 15.1. The molecule has 0 fully saturated rings. The fourth-order valence-electron chi connectivity index (χ4n) is 4.73. The quantitative estimate of drug-likeness (QED) is 0.164. The van der Waals surface area contributed by atoms with Crippen LogP contribution >= 0.6 is 6.89 Å². The molecule has 3 aromatic carbocycles. The highest BCUT2D eigenvalue weighted by atomic mass is 31.2. The summed E-state index contributed by atoms with van der Waals surface area (Å²) in [6.45, 7) is 0.104. The zero-order valence-electron chi connectivity index (χ0n) is 20.9. The standard InChI is InChI=1S/C32H41OP/c1-2-3-4-5-6-7-8-9-10-14-21-29(33)28-34(30-22-15-11-16-23-30,31-24-17-12-18-25-31)32-26-19-13-20-27-32/h11-13,15-20,22-28H,2-10,14,21H2,1H3. The molecule has 0 spiro atoms. The molecule has 0 unspecified atom stereocenters. The van der Waals surface area contributed by atoms with Gasteiger partial charge in [0.2, 0.25) is 0 Å². The molecule has 2 heteroatoms. The Bertz CT molecular complexity index is 905. The van der Waals surface area contributed by atoms with Gasteiger partial charge in [-0.25, -0.2) is 0 Å². The smallest absolute Gasteiger partial charge is 0.156 e. The Hall–Kier alpha value is -2.37. The van der Waals surface area contributed by atoms with E-state index in [0.29, 0.717) is 6.42 Å². The van der Waals surface area contributed by atoms with E-state index >= 15 is 0 Å². The van der Waals surface area contributed by atoms with E-state index in [-0.39, 0.29) is 5.78 Å². The van der Waals surface area contributed by atoms with E-state index in [1.165, 1.54) is 67.3 Å². The molecule has 3 rings (SSSR count). The maximum atomic E-state index is 13.4. The number of hydrogen-bond acceptors (Lipinski definition) is 1. The summed E-state index contributed by atoms with van der Waals surface area (Å²) in [5, 5.41) is 3.72. The average molecular weight is 473 g/mol. The number of hydrogen-bond donors (Lipinski definition) is 0. The number of benzene rings is 3. The van der Waals surface area contributed by atoms with Crippen LogP contribution in [0.1, 0.15) is 77.6 Å². The summed E-state index contributed by atoms with van der Waals surface area (Å²) >= 11 is 0. The van der Waals surface area contributed by atoms with Crippen molar-refractivity contribution in [3.63, 3.8) is 0 Å². The number of carbonyl (C=O) groups excluding carboxylic acids is 1. The Morgan fingerprint density at radius 3 is 1.29 bits per heavy atom. The second-order valence-electron chi connectivity index (χ2n) is 9.26. The molecule has 0 saturated heterocycles. The lowest BCUT2D eigenvalue weighted by molar-refractivity contribution is -0.112. The van der Waals surface area contributed by atoms with Crippen molar-refractivity contribution in [3.8, 4) is 0 Å². The predicted molar refractivity (Wildman–Crippen MR) is 153 cm³/mol. The third-order valence-electron chi connectivity index (χ3n) is 6.60. The zero-order chi connectivity index (χ0) is 23.9. The van der Waals surface area contributed by atoms with E-state index in [9.17, 15) is 4.79 Å². The van der Waals surface area contributed by atoms with Gasteiger partial charge in [0.1, 0.15) is 0 Å². The van der Waals surface area contributed by atoms with E-state index < -0.39 is 6.89 Å². The van der Waals surface area contributed by atoms with Crippen LogP contribution in [0, 0.1) is 0 Å². The summed E-state index contributed by atoms with van der Waals surface area (Å²) in [6, 6.07) is 31.9. The molecule has 0 N–H and O–H groups in total. The molecule has 0 heterocycles. The summed E-state index contributed by atoms with van der Waals surface area (Å²) in [4.78, 5) is 13.4. The molecule has 0 radical (unpaired) electrons. The molecule has 0 aliphatic carbocycles. The topological polar surface area (TPSA) is 17.1 Å². The summed E-state index contributed by atoms with van der Waals surface area (Å²) in [7, 11) is 0. The first-order valence-electron chi connectivity index (χ1n) is 13.2. The fraction of sp³-hybridized carbons (Fsp3) is 0.375. The van der Waals surface area contributed by atoms with Crippen LogP contribution in [0.2, 0.25) is 0 Å². The van der Waals surface area contributed by atoms with Gasteiger partial charge in [-0.05, 0) is 35.0 Å². The van der Waals surface area contributed by atoms with Crippen LogP contribution in [0.5, 0.6) is 0 Å². The lowest BCUT2D eigenvalue weighted by atomic mass is 10.1. The van der Waals surface area contributed by atoms with Crippen LogP contribution in [0.15, 0.2) is 91.0 Å². The van der Waals surface area contributed by atoms with Gasteiger partial charge in [0.15, 0.2) is 5.78 Å². The molecule has 0 atom stereocenters. The molecule has 0 aliphatic rings. The second kappa shape index (κ2) is 14.8. The molecule has 180 valence electrons. The third-order valence-corrected chi connectivity index (χ3v) is 10.6. The van der Waals surface area contributed by atoms with Gasteiger partial charge in [0, 0.05) is 6.42 Å². The molecular weight excluding hydrogens is 431 g/mol. The Morgan fingerprint density at radius 2 is 0.912 bits per heavy atom. The Labute approximate surface area is 207 Å². The highest BCUT2D eigenvalue weighted by molar-refractivity contribution is 7.95. The number of Topliss-reactive ketones (excluding diaryl/α,β-unsaturated/α-hetero) is 1. The third kappa shape index (κ3) is 7.57. The van der Waals surface area contributed by atoms with Gasteiger partial charge in [0.25, 0.3) is 0 Å². The lowest BCUT2D eigenvalue weighted by Crippen LogP contribution is -2.28. The molecule has 3 aromatic rings. The van der Waals surface area contributed by atoms with Crippen molar-refractivity contribution in [1.29, 1.82) is 0 Å². The predicted octanol–water partition coefficient (Wildman–Crippen LogP) is 7.66. The molecule has 0 amide bonds. The number of carbonyl (C=O) groups is 1. The van der Waals surface area contributed by atoms with E-state index in [4.69, 9.17) is 0 Å². The SMILES string of the molecule is CCCCCCCCCCCCC(=O)C=P(c1ccccc1)(c1ccccc1)c1ccccc1. The van der Waals surface area contributed by atoms with Crippen LogP contribution in [-0.2, 0) is 4.79 Å². The number of ketones is 1. The molecule has 0 aliphatic heterocycles. The molecule has 0 aromatic heterocycles. The fourth-order valence-corrected chi connectivity index (χ4v) is 8.56. The maximum absolute atomic E-state index is 13.4. The minimum Gasteiger partial charge on any atom is -0.295 e. The van der Waals surface area contributed by atoms with Crippen LogP contribution < -0.4 is 15.9 Å². The zero-order valence-corrected chi connectivity index (χ0v) is 21.8. The average Bonchev–Trinajstić information content (AvgIpc) is 2.90. The normalized spacial score (nSPS) is 11.3. The monoisotopic (exact) mass is 472 g/mol. The first-order chi connectivity index (χ1) is 16.8. The Balaban J connectivity index is 1.73. The van der Waals surface area contributed by atoms with E-state index in [2.05, 4.69) is 104 Å². The van der Waals surface area contributed by atoms with Crippen molar-refractivity contribution < 1.29 is 4.79 Å². The van der Waals surface area contributed by atoms with Crippen molar-refractivity contribution >= 4 is 34.4 Å². The largest absolute Gasteiger partial charge is 0.295 e. The lowest BCUT2D eigenvalue weighted by Gasteiger charge is -2.28. The Morgan fingerprint density at radius 1 is 0.559 bits per heavy atom. The van der Waals surface area contributed by atoms with Crippen molar-refractivity contribution in [1.82, 2.24) is 0 Å². The highest BCUT2D eigenvalue weighted by Gasteiger charge is 2.26. The maximum Gasteiger partial charge on any atom is 0.156 e. The van der Waals surface area contributed by atoms with Gasteiger partial charge in [0.05, 0.1) is 0 Å². The van der Waals surface area contributed by atoms with Crippen LogP contribution in [-0.4, -0.2) is 11.6 Å². The van der Waals surface area contributed by atoms with E-state index in [0.717, 1.165) is 12.8 Å².